The largest absolute Gasteiger partial charge is 0.338 e. The number of carbonyl (C=O) groups excluding carboxylic acids is 1. The molecule has 1 saturated heterocycles. The Balaban J connectivity index is 1.54. The van der Waals surface area contributed by atoms with E-state index in [1.54, 1.807) is 17.4 Å². The van der Waals surface area contributed by atoms with Crippen LogP contribution < -0.4 is 5.56 Å². The third-order valence-corrected chi connectivity index (χ3v) is 6.59. The molecule has 2 bridgehead atoms. The van der Waals surface area contributed by atoms with Crippen LogP contribution in [-0.4, -0.2) is 28.5 Å². The van der Waals surface area contributed by atoms with Gasteiger partial charge in [-0.15, -0.1) is 11.3 Å². The van der Waals surface area contributed by atoms with E-state index in [9.17, 15) is 9.59 Å². The zero-order chi connectivity index (χ0) is 18.4. The third kappa shape index (κ3) is 2.82. The smallest absolute Gasteiger partial charge is 0.253 e. The predicted molar refractivity (Wildman–Crippen MR) is 107 cm³/mol. The van der Waals surface area contributed by atoms with Crippen LogP contribution in [-0.2, 0) is 6.54 Å². The van der Waals surface area contributed by atoms with Crippen LogP contribution in [0.2, 0.25) is 0 Å². The van der Waals surface area contributed by atoms with Gasteiger partial charge in [0.05, 0.1) is 0 Å². The molecule has 136 valence electrons. The summed E-state index contributed by atoms with van der Waals surface area (Å²) in [5.41, 5.74) is 3.05. The van der Waals surface area contributed by atoms with Crippen LogP contribution in [0.25, 0.3) is 10.4 Å². The molecule has 0 aliphatic carbocycles. The summed E-state index contributed by atoms with van der Waals surface area (Å²) in [6.45, 7) is 2.09. The maximum absolute atomic E-state index is 13.0. The van der Waals surface area contributed by atoms with Gasteiger partial charge >= 0.3 is 0 Å². The summed E-state index contributed by atoms with van der Waals surface area (Å²) in [5.74, 6) is 0.631. The van der Waals surface area contributed by atoms with Gasteiger partial charge in [0.15, 0.2) is 0 Å². The van der Waals surface area contributed by atoms with Gasteiger partial charge < -0.3 is 9.47 Å². The number of benzene rings is 1. The Kier molecular flexibility index (Phi) is 3.97. The molecule has 0 saturated carbocycles. The van der Waals surface area contributed by atoms with Crippen molar-refractivity contribution in [1.29, 1.82) is 0 Å². The van der Waals surface area contributed by atoms with Crippen LogP contribution in [0.4, 0.5) is 0 Å². The Hall–Kier alpha value is -2.66. The van der Waals surface area contributed by atoms with Gasteiger partial charge in [0.25, 0.3) is 11.5 Å². The molecule has 5 heteroatoms. The molecule has 1 fully saturated rings. The monoisotopic (exact) mass is 376 g/mol. The first-order valence-electron chi connectivity index (χ1n) is 9.32. The average Bonchev–Trinajstić information content (AvgIpc) is 3.23. The van der Waals surface area contributed by atoms with Crippen LogP contribution in [0.15, 0.2) is 64.8 Å². The van der Waals surface area contributed by atoms with Crippen molar-refractivity contribution in [2.45, 2.75) is 18.9 Å². The van der Waals surface area contributed by atoms with E-state index in [-0.39, 0.29) is 17.4 Å². The van der Waals surface area contributed by atoms with Crippen molar-refractivity contribution in [3.8, 4) is 10.4 Å². The summed E-state index contributed by atoms with van der Waals surface area (Å²) < 4.78 is 1.96. The highest BCUT2D eigenvalue weighted by Crippen LogP contribution is 2.41. The van der Waals surface area contributed by atoms with E-state index in [0.29, 0.717) is 19.0 Å². The summed E-state index contributed by atoms with van der Waals surface area (Å²) in [4.78, 5) is 28.7. The number of fused-ring (bicyclic) bond motifs is 4. The number of hydrogen-bond donors (Lipinski definition) is 0. The number of amides is 1. The van der Waals surface area contributed by atoms with Crippen LogP contribution >= 0.6 is 11.3 Å². The SMILES string of the molecule is O=C(c1ccccc1)N1C[C@@H]2C[C@H](C1)c1c(-c3cccs3)ccc(=O)n1C2. The maximum atomic E-state index is 13.0. The average molecular weight is 376 g/mol. The fourth-order valence-electron chi connectivity index (χ4n) is 4.58. The minimum Gasteiger partial charge on any atom is -0.338 e. The molecule has 2 aliphatic rings. The minimum atomic E-state index is 0.0721. The van der Waals surface area contributed by atoms with Crippen molar-refractivity contribution in [1.82, 2.24) is 9.47 Å². The highest BCUT2D eigenvalue weighted by Gasteiger charge is 2.38. The van der Waals surface area contributed by atoms with Gasteiger partial charge in [-0.1, -0.05) is 24.3 Å². The van der Waals surface area contributed by atoms with Crippen molar-refractivity contribution in [2.24, 2.45) is 5.92 Å². The molecule has 2 atom stereocenters. The number of rotatable bonds is 2. The van der Waals surface area contributed by atoms with Gasteiger partial charge in [-0.3, -0.25) is 9.59 Å². The van der Waals surface area contributed by atoms with E-state index < -0.39 is 0 Å². The van der Waals surface area contributed by atoms with E-state index >= 15 is 0 Å². The van der Waals surface area contributed by atoms with E-state index in [1.165, 1.54) is 4.88 Å². The van der Waals surface area contributed by atoms with Crippen molar-refractivity contribution in [2.75, 3.05) is 13.1 Å². The number of hydrogen-bond acceptors (Lipinski definition) is 3. The number of nitrogens with zero attached hydrogens (tertiary/aromatic N) is 2. The van der Waals surface area contributed by atoms with E-state index in [1.807, 2.05) is 51.9 Å². The lowest BCUT2D eigenvalue weighted by Crippen LogP contribution is -2.49. The normalized spacial score (nSPS) is 21.0. The molecule has 2 aromatic heterocycles. The van der Waals surface area contributed by atoms with Gasteiger partial charge in [0.2, 0.25) is 0 Å². The van der Waals surface area contributed by atoms with Crippen molar-refractivity contribution >= 4 is 17.2 Å². The minimum absolute atomic E-state index is 0.0721. The molecule has 4 heterocycles. The third-order valence-electron chi connectivity index (χ3n) is 5.68. The first-order chi connectivity index (χ1) is 13.2. The van der Waals surface area contributed by atoms with E-state index in [4.69, 9.17) is 0 Å². The quantitative estimate of drug-likeness (QED) is 0.682. The Morgan fingerprint density at radius 2 is 1.81 bits per heavy atom. The van der Waals surface area contributed by atoms with Crippen LogP contribution in [0.1, 0.15) is 28.4 Å². The fraction of sp³-hybridized carbons (Fsp3) is 0.273. The maximum Gasteiger partial charge on any atom is 0.253 e. The second-order valence-corrected chi connectivity index (χ2v) is 8.38. The van der Waals surface area contributed by atoms with Gasteiger partial charge in [0.1, 0.15) is 0 Å². The first kappa shape index (κ1) is 16.5. The second-order valence-electron chi connectivity index (χ2n) is 7.43. The summed E-state index contributed by atoms with van der Waals surface area (Å²) in [7, 11) is 0. The molecule has 3 aromatic rings. The number of carbonyl (C=O) groups is 1. The van der Waals surface area contributed by atoms with Crippen molar-refractivity contribution in [3.05, 3.63) is 81.6 Å². The number of aromatic nitrogens is 1. The summed E-state index contributed by atoms with van der Waals surface area (Å²) in [6, 6.07) is 17.3. The van der Waals surface area contributed by atoms with Crippen LogP contribution in [0.3, 0.4) is 0 Å². The van der Waals surface area contributed by atoms with Crippen molar-refractivity contribution < 1.29 is 4.79 Å². The molecule has 2 aliphatic heterocycles. The van der Waals surface area contributed by atoms with E-state index in [0.717, 1.165) is 29.8 Å². The molecule has 0 radical (unpaired) electrons. The summed E-state index contributed by atoms with van der Waals surface area (Å²) in [6.07, 6.45) is 1.04. The molecule has 1 amide bonds. The van der Waals surface area contributed by atoms with E-state index in [2.05, 4.69) is 11.4 Å². The highest BCUT2D eigenvalue weighted by molar-refractivity contribution is 7.13. The Labute approximate surface area is 161 Å². The number of thiophene rings is 1. The van der Waals surface area contributed by atoms with Gasteiger partial charge in [-0.2, -0.15) is 0 Å². The van der Waals surface area contributed by atoms with Gasteiger partial charge in [-0.25, -0.2) is 0 Å². The Morgan fingerprint density at radius 1 is 0.963 bits per heavy atom. The molecule has 0 spiro atoms. The van der Waals surface area contributed by atoms with Crippen LogP contribution in [0, 0.1) is 5.92 Å². The fourth-order valence-corrected chi connectivity index (χ4v) is 5.34. The molecular formula is C22H20N2O2S. The number of piperidine rings is 1. The molecule has 1 aromatic carbocycles. The standard InChI is InChI=1S/C22H20N2O2S/c25-20-9-8-18(19-7-4-10-27-19)21-17-11-15(13-24(20)21)12-23(14-17)22(26)16-5-2-1-3-6-16/h1-10,15,17H,11-14H2/t15-,17+/m0/s1. The topological polar surface area (TPSA) is 42.3 Å². The molecule has 0 unspecified atom stereocenters. The molecule has 5 rings (SSSR count). The zero-order valence-corrected chi connectivity index (χ0v) is 15.7. The lowest BCUT2D eigenvalue weighted by atomic mass is 9.81. The Bertz CT molecular complexity index is 1040. The van der Waals surface area contributed by atoms with Gasteiger partial charge in [-0.05, 0) is 42.0 Å². The van der Waals surface area contributed by atoms with Crippen molar-refractivity contribution in [3.63, 3.8) is 0 Å². The summed E-state index contributed by atoms with van der Waals surface area (Å²) in [5, 5.41) is 2.06. The predicted octanol–water partition coefficient (Wildman–Crippen LogP) is 3.84. The number of likely N-dealkylation sites (tertiary alicyclic amines) is 1. The van der Waals surface area contributed by atoms with Gasteiger partial charge in [0, 0.05) is 53.3 Å². The lowest BCUT2D eigenvalue weighted by Gasteiger charge is -2.43. The Morgan fingerprint density at radius 3 is 2.59 bits per heavy atom. The van der Waals surface area contributed by atoms with Crippen LogP contribution in [0.5, 0.6) is 0 Å². The molecular weight excluding hydrogens is 356 g/mol. The highest BCUT2D eigenvalue weighted by atomic mass is 32.1. The second kappa shape index (κ2) is 6.50. The number of pyridine rings is 1. The first-order valence-corrected chi connectivity index (χ1v) is 10.2. The molecule has 4 nitrogen and oxygen atoms in total. The molecule has 0 N–H and O–H groups in total. The molecule has 27 heavy (non-hydrogen) atoms. The summed E-state index contributed by atoms with van der Waals surface area (Å²) >= 11 is 1.69. The lowest BCUT2D eigenvalue weighted by molar-refractivity contribution is 0.0595. The zero-order valence-electron chi connectivity index (χ0n) is 14.9.